The molecule has 0 saturated carbocycles. The molecule has 1 aliphatic heterocycles. The number of carbonyl (C=O) groups is 2. The van der Waals surface area contributed by atoms with Crippen LogP contribution < -0.4 is 0 Å². The third-order valence-electron chi connectivity index (χ3n) is 1.68. The maximum Gasteiger partial charge on any atom is 0.270 e. The average molecular weight is 289 g/mol. The van der Waals surface area contributed by atoms with Crippen LogP contribution in [0.15, 0.2) is 36.0 Å². The minimum absolute atomic E-state index is 0.263. The Morgan fingerprint density at radius 1 is 1.31 bits per heavy atom. The molecule has 0 aromatic carbocycles. The Morgan fingerprint density at radius 3 is 2.31 bits per heavy atom. The fraction of sp³-hybridized carbons (Fsp3) is 0.111. The van der Waals surface area contributed by atoms with Crippen LogP contribution in [0.2, 0.25) is 0 Å². The maximum absolute atomic E-state index is 11.4. The van der Waals surface area contributed by atoms with Crippen molar-refractivity contribution in [1.29, 1.82) is 0 Å². The predicted octanol–water partition coefficient (Wildman–Crippen LogP) is 1.76. The summed E-state index contributed by atoms with van der Waals surface area (Å²) in [6.07, 6.45) is 4.68. The van der Waals surface area contributed by atoms with Gasteiger partial charge in [0.15, 0.2) is 0 Å². The summed E-state index contributed by atoms with van der Waals surface area (Å²) in [6.45, 7) is 5.22. The minimum atomic E-state index is -0.279. The number of imide groups is 1. The third-order valence-corrected chi connectivity index (χ3v) is 2.56. The van der Waals surface area contributed by atoms with Crippen LogP contribution in [0.5, 0.6) is 0 Å². The van der Waals surface area contributed by atoms with Crippen molar-refractivity contribution in [2.75, 3.05) is 0 Å². The highest BCUT2D eigenvalue weighted by atomic mass is 127. The van der Waals surface area contributed by atoms with Gasteiger partial charge in [-0.25, -0.2) is 3.11 Å². The van der Waals surface area contributed by atoms with E-state index in [9.17, 15) is 9.59 Å². The van der Waals surface area contributed by atoms with E-state index in [0.29, 0.717) is 11.1 Å². The SMILES string of the molecule is C=C/C=C1/C(=O)N(I)C(=O)/C1=C/C. The lowest BCUT2D eigenvalue weighted by atomic mass is 10.1. The summed E-state index contributed by atoms with van der Waals surface area (Å²) in [4.78, 5) is 22.8. The van der Waals surface area contributed by atoms with E-state index in [1.54, 1.807) is 41.9 Å². The van der Waals surface area contributed by atoms with Crippen molar-refractivity contribution in [2.24, 2.45) is 0 Å². The number of hydrogen-bond donors (Lipinski definition) is 0. The molecule has 0 aliphatic carbocycles. The third kappa shape index (κ3) is 1.58. The Hall–Kier alpha value is -0.910. The second-order valence-corrected chi connectivity index (χ2v) is 3.37. The molecule has 0 aromatic rings. The molecule has 1 aliphatic rings. The van der Waals surface area contributed by atoms with Gasteiger partial charge in [0.1, 0.15) is 0 Å². The number of allylic oxidation sites excluding steroid dienone is 3. The quantitative estimate of drug-likeness (QED) is 0.319. The van der Waals surface area contributed by atoms with Gasteiger partial charge in [-0.05, 0) is 13.0 Å². The minimum Gasteiger partial charge on any atom is -0.268 e. The van der Waals surface area contributed by atoms with E-state index < -0.39 is 0 Å². The van der Waals surface area contributed by atoms with Gasteiger partial charge in [0.25, 0.3) is 11.8 Å². The van der Waals surface area contributed by atoms with E-state index in [0.717, 1.165) is 3.11 Å². The Balaban J connectivity index is 3.24. The number of carbonyl (C=O) groups excluding carboxylic acids is 2. The van der Waals surface area contributed by atoms with Gasteiger partial charge < -0.3 is 0 Å². The summed E-state index contributed by atoms with van der Waals surface area (Å²) in [5, 5.41) is 0. The van der Waals surface area contributed by atoms with Crippen LogP contribution in [-0.4, -0.2) is 14.9 Å². The lowest BCUT2D eigenvalue weighted by Crippen LogP contribution is -2.17. The van der Waals surface area contributed by atoms with Crippen molar-refractivity contribution < 1.29 is 9.59 Å². The summed E-state index contributed by atoms with van der Waals surface area (Å²) in [5.41, 5.74) is 0.858. The lowest BCUT2D eigenvalue weighted by molar-refractivity contribution is -0.128. The molecule has 0 spiro atoms. The summed E-state index contributed by atoms with van der Waals surface area (Å²) < 4.78 is 1.07. The van der Waals surface area contributed by atoms with Crippen LogP contribution in [0.3, 0.4) is 0 Å². The summed E-state index contributed by atoms with van der Waals surface area (Å²) in [6, 6.07) is 0. The molecule has 13 heavy (non-hydrogen) atoms. The first-order valence-electron chi connectivity index (χ1n) is 3.67. The van der Waals surface area contributed by atoms with Crippen molar-refractivity contribution in [3.8, 4) is 0 Å². The smallest absolute Gasteiger partial charge is 0.268 e. The number of rotatable bonds is 1. The van der Waals surface area contributed by atoms with Crippen LogP contribution in [0, 0.1) is 0 Å². The van der Waals surface area contributed by atoms with Gasteiger partial charge in [0.2, 0.25) is 0 Å². The van der Waals surface area contributed by atoms with Gasteiger partial charge in [-0.3, -0.25) is 9.59 Å². The second kappa shape index (κ2) is 3.87. The highest BCUT2D eigenvalue weighted by Gasteiger charge is 2.36. The summed E-state index contributed by atoms with van der Waals surface area (Å²) in [7, 11) is 0. The highest BCUT2D eigenvalue weighted by Crippen LogP contribution is 2.27. The Bertz CT molecular complexity index is 342. The van der Waals surface area contributed by atoms with E-state index in [-0.39, 0.29) is 11.8 Å². The molecule has 0 aromatic heterocycles. The molecule has 0 radical (unpaired) electrons. The topological polar surface area (TPSA) is 37.4 Å². The molecule has 1 saturated heterocycles. The van der Waals surface area contributed by atoms with Crippen LogP contribution in [0.4, 0.5) is 0 Å². The standard InChI is InChI=1S/C9H8INO2/c1-3-5-7-6(4-2)8(12)11(10)9(7)13/h3-5H,1H2,2H3/b6-4+,7-5+. The lowest BCUT2D eigenvalue weighted by Gasteiger charge is -1.97. The molecule has 2 amide bonds. The fourth-order valence-electron chi connectivity index (χ4n) is 1.09. The second-order valence-electron chi connectivity index (χ2n) is 2.41. The summed E-state index contributed by atoms with van der Waals surface area (Å²) in [5.74, 6) is -0.542. The molecule has 1 rings (SSSR count). The van der Waals surface area contributed by atoms with Gasteiger partial charge in [-0.2, -0.15) is 0 Å². The van der Waals surface area contributed by atoms with Crippen molar-refractivity contribution in [3.05, 3.63) is 36.0 Å². The van der Waals surface area contributed by atoms with E-state index >= 15 is 0 Å². The first-order chi connectivity index (χ1) is 6.13. The van der Waals surface area contributed by atoms with Gasteiger partial charge in [0, 0.05) is 5.57 Å². The van der Waals surface area contributed by atoms with Crippen LogP contribution >= 0.6 is 22.9 Å². The van der Waals surface area contributed by atoms with Crippen LogP contribution in [0.1, 0.15) is 6.92 Å². The number of amides is 2. The van der Waals surface area contributed by atoms with Crippen LogP contribution in [-0.2, 0) is 9.59 Å². The zero-order valence-corrected chi connectivity index (χ0v) is 9.24. The largest absolute Gasteiger partial charge is 0.270 e. The number of halogens is 1. The first kappa shape index (κ1) is 10.2. The van der Waals surface area contributed by atoms with E-state index in [1.165, 1.54) is 6.08 Å². The summed E-state index contributed by atoms with van der Waals surface area (Å²) >= 11 is 1.70. The van der Waals surface area contributed by atoms with Crippen molar-refractivity contribution in [1.82, 2.24) is 3.11 Å². The normalized spacial score (nSPS) is 23.4. The maximum atomic E-state index is 11.4. The van der Waals surface area contributed by atoms with E-state index in [4.69, 9.17) is 0 Å². The van der Waals surface area contributed by atoms with Gasteiger partial charge in [0.05, 0.1) is 28.4 Å². The van der Waals surface area contributed by atoms with E-state index in [2.05, 4.69) is 6.58 Å². The van der Waals surface area contributed by atoms with Gasteiger partial charge in [-0.15, -0.1) is 0 Å². The van der Waals surface area contributed by atoms with E-state index in [1.807, 2.05) is 0 Å². The molecular formula is C9H8INO2. The molecule has 1 heterocycles. The predicted molar refractivity (Wildman–Crippen MR) is 57.9 cm³/mol. The zero-order chi connectivity index (χ0) is 10.0. The molecule has 0 unspecified atom stereocenters. The van der Waals surface area contributed by atoms with Crippen molar-refractivity contribution >= 4 is 34.7 Å². The van der Waals surface area contributed by atoms with Crippen molar-refractivity contribution in [2.45, 2.75) is 6.92 Å². The number of nitrogens with zero attached hydrogens (tertiary/aromatic N) is 1. The Labute approximate surface area is 90.3 Å². The molecular weight excluding hydrogens is 281 g/mol. The Morgan fingerprint density at radius 2 is 1.85 bits per heavy atom. The highest BCUT2D eigenvalue weighted by molar-refractivity contribution is 14.1. The molecule has 3 nitrogen and oxygen atoms in total. The molecule has 0 N–H and O–H groups in total. The van der Waals surface area contributed by atoms with Crippen molar-refractivity contribution in [3.63, 3.8) is 0 Å². The fourth-order valence-corrected chi connectivity index (χ4v) is 1.61. The first-order valence-corrected chi connectivity index (χ1v) is 4.64. The van der Waals surface area contributed by atoms with Crippen LogP contribution in [0.25, 0.3) is 0 Å². The van der Waals surface area contributed by atoms with Gasteiger partial charge >= 0.3 is 0 Å². The molecule has 4 heteroatoms. The zero-order valence-electron chi connectivity index (χ0n) is 7.08. The molecule has 68 valence electrons. The molecule has 0 atom stereocenters. The number of hydrogen-bond acceptors (Lipinski definition) is 2. The monoisotopic (exact) mass is 289 g/mol. The average Bonchev–Trinajstić information content (AvgIpc) is 2.32. The van der Waals surface area contributed by atoms with Gasteiger partial charge in [-0.1, -0.05) is 18.7 Å². The Kier molecular flexibility index (Phi) is 3.02. The molecule has 1 fully saturated rings. The molecule has 0 bridgehead atoms.